The number of anilines is 1. The summed E-state index contributed by atoms with van der Waals surface area (Å²) in [6.45, 7) is 6.75. The van der Waals surface area contributed by atoms with Gasteiger partial charge in [0.2, 0.25) is 0 Å². The third-order valence-corrected chi connectivity index (χ3v) is 3.15. The highest BCUT2D eigenvalue weighted by atomic mass is 16.1. The molecule has 1 aromatic heterocycles. The Bertz CT molecular complexity index is 717. The summed E-state index contributed by atoms with van der Waals surface area (Å²) in [5, 5.41) is 11.9. The average Bonchev–Trinajstić information content (AvgIpc) is 2.36. The number of nitrogens with one attached hydrogen (secondary N) is 2. The Morgan fingerprint density at radius 3 is 2.50 bits per heavy atom. The van der Waals surface area contributed by atoms with Crippen LogP contribution in [-0.2, 0) is 6.54 Å². The molecule has 0 fully saturated rings. The Balaban J connectivity index is 2.24. The van der Waals surface area contributed by atoms with Crippen LogP contribution in [0.25, 0.3) is 0 Å². The molecule has 5 heteroatoms. The number of nitriles is 1. The van der Waals surface area contributed by atoms with Crippen LogP contribution in [0, 0.1) is 32.1 Å². The maximum Gasteiger partial charge on any atom is 0.347 e. The Morgan fingerprint density at radius 2 is 1.90 bits per heavy atom. The van der Waals surface area contributed by atoms with Crippen LogP contribution in [0.15, 0.2) is 23.0 Å². The summed E-state index contributed by atoms with van der Waals surface area (Å²) in [6.07, 6.45) is 0. The lowest BCUT2D eigenvalue weighted by Crippen LogP contribution is -2.15. The van der Waals surface area contributed by atoms with E-state index in [1.165, 1.54) is 28.3 Å². The van der Waals surface area contributed by atoms with E-state index in [0.717, 1.165) is 0 Å². The topological polar surface area (TPSA) is 81.6 Å². The fourth-order valence-corrected chi connectivity index (χ4v) is 2.28. The van der Waals surface area contributed by atoms with Gasteiger partial charge in [-0.05, 0) is 37.5 Å². The highest BCUT2D eigenvalue weighted by molar-refractivity contribution is 5.43. The monoisotopic (exact) mass is 268 g/mol. The van der Waals surface area contributed by atoms with Crippen molar-refractivity contribution in [2.45, 2.75) is 27.3 Å². The number of nitrogens with zero attached hydrogens (tertiary/aromatic N) is 2. The zero-order valence-corrected chi connectivity index (χ0v) is 11.7. The van der Waals surface area contributed by atoms with Gasteiger partial charge in [-0.2, -0.15) is 10.2 Å². The van der Waals surface area contributed by atoms with E-state index in [1.807, 2.05) is 6.07 Å². The van der Waals surface area contributed by atoms with Gasteiger partial charge in [-0.25, -0.2) is 4.79 Å². The summed E-state index contributed by atoms with van der Waals surface area (Å²) >= 11 is 0. The molecule has 0 radical (unpaired) electrons. The number of aromatic amines is 1. The first-order valence-electron chi connectivity index (χ1n) is 6.31. The summed E-state index contributed by atoms with van der Waals surface area (Å²) in [5.74, 6) is 0.407. The minimum atomic E-state index is -0.524. The Labute approximate surface area is 117 Å². The minimum absolute atomic E-state index is 0.199. The van der Waals surface area contributed by atoms with Gasteiger partial charge < -0.3 is 5.32 Å². The predicted molar refractivity (Wildman–Crippen MR) is 77.6 cm³/mol. The molecule has 1 aromatic carbocycles. The van der Waals surface area contributed by atoms with Gasteiger partial charge >= 0.3 is 5.69 Å². The number of hydrogen-bond acceptors (Lipinski definition) is 4. The van der Waals surface area contributed by atoms with Gasteiger partial charge in [0.15, 0.2) is 0 Å². The van der Waals surface area contributed by atoms with Crippen molar-refractivity contribution in [1.29, 1.82) is 5.26 Å². The molecule has 0 aliphatic carbocycles. The molecule has 0 aliphatic rings. The molecule has 2 aromatic rings. The Morgan fingerprint density at radius 1 is 1.25 bits per heavy atom. The van der Waals surface area contributed by atoms with Crippen molar-refractivity contribution in [2.24, 2.45) is 0 Å². The van der Waals surface area contributed by atoms with E-state index in [-0.39, 0.29) is 5.69 Å². The number of rotatable bonds is 3. The molecule has 20 heavy (non-hydrogen) atoms. The first-order valence-corrected chi connectivity index (χ1v) is 6.31. The van der Waals surface area contributed by atoms with Crippen LogP contribution in [0.2, 0.25) is 0 Å². The molecule has 0 amide bonds. The smallest absolute Gasteiger partial charge is 0.347 e. The molecule has 102 valence electrons. The maximum atomic E-state index is 11.3. The van der Waals surface area contributed by atoms with Crippen molar-refractivity contribution in [3.63, 3.8) is 0 Å². The normalized spacial score (nSPS) is 10.1. The summed E-state index contributed by atoms with van der Waals surface area (Å²) in [7, 11) is 0. The minimum Gasteiger partial charge on any atom is -0.366 e. The number of H-pyrrole nitrogens is 1. The van der Waals surface area contributed by atoms with E-state index >= 15 is 0 Å². The van der Waals surface area contributed by atoms with Crippen LogP contribution in [0.3, 0.4) is 0 Å². The third kappa shape index (κ3) is 3.04. The van der Waals surface area contributed by atoms with E-state index in [1.54, 1.807) is 0 Å². The van der Waals surface area contributed by atoms with Gasteiger partial charge in [0.05, 0.1) is 0 Å². The molecule has 0 spiro atoms. The molecular weight excluding hydrogens is 252 g/mol. The molecule has 0 aliphatic heterocycles. The lowest BCUT2D eigenvalue weighted by atomic mass is 10.00. The van der Waals surface area contributed by atoms with E-state index in [0.29, 0.717) is 12.4 Å². The Hall–Kier alpha value is -2.61. The molecule has 5 nitrogen and oxygen atoms in total. The maximum absolute atomic E-state index is 11.3. The third-order valence-electron chi connectivity index (χ3n) is 3.15. The van der Waals surface area contributed by atoms with Crippen LogP contribution in [-0.4, -0.2) is 9.97 Å². The van der Waals surface area contributed by atoms with E-state index in [4.69, 9.17) is 5.26 Å². The first kappa shape index (κ1) is 13.8. The predicted octanol–water partition coefficient (Wildman–Crippen LogP) is 2.18. The zero-order chi connectivity index (χ0) is 14.7. The van der Waals surface area contributed by atoms with Gasteiger partial charge in [0.25, 0.3) is 0 Å². The second-order valence-corrected chi connectivity index (χ2v) is 4.83. The van der Waals surface area contributed by atoms with Gasteiger partial charge in [-0.3, -0.25) is 4.98 Å². The second-order valence-electron chi connectivity index (χ2n) is 4.83. The number of hydrogen-bond donors (Lipinski definition) is 2. The highest BCUT2D eigenvalue weighted by Gasteiger charge is 2.05. The summed E-state index contributed by atoms with van der Waals surface area (Å²) in [6, 6.07) is 7.67. The van der Waals surface area contributed by atoms with Gasteiger partial charge in [0, 0.05) is 12.6 Å². The van der Waals surface area contributed by atoms with Crippen LogP contribution >= 0.6 is 0 Å². The molecular formula is C15H16N4O. The molecule has 0 saturated heterocycles. The van der Waals surface area contributed by atoms with Crippen LogP contribution in [0.4, 0.5) is 5.82 Å². The quantitative estimate of drug-likeness (QED) is 0.894. The van der Waals surface area contributed by atoms with Crippen molar-refractivity contribution >= 4 is 5.82 Å². The van der Waals surface area contributed by atoms with Crippen molar-refractivity contribution in [3.05, 3.63) is 56.6 Å². The lowest BCUT2D eigenvalue weighted by molar-refractivity contribution is 1.01. The second kappa shape index (κ2) is 5.57. The van der Waals surface area contributed by atoms with Crippen LogP contribution in [0.1, 0.15) is 27.9 Å². The van der Waals surface area contributed by atoms with Gasteiger partial charge in [-0.1, -0.05) is 17.7 Å². The van der Waals surface area contributed by atoms with Crippen molar-refractivity contribution < 1.29 is 0 Å². The number of aryl methyl sites for hydroxylation is 3. The van der Waals surface area contributed by atoms with Crippen LogP contribution < -0.4 is 11.0 Å². The SMILES string of the molecule is Cc1cc(C)c(CNc2cc(C#N)[nH]c(=O)n2)c(C)c1. The molecule has 2 rings (SSSR count). The molecule has 0 atom stereocenters. The van der Waals surface area contributed by atoms with E-state index < -0.39 is 5.69 Å². The summed E-state index contributed by atoms with van der Waals surface area (Å²) in [4.78, 5) is 17.5. The van der Waals surface area contributed by atoms with E-state index in [9.17, 15) is 4.79 Å². The number of aromatic nitrogens is 2. The van der Waals surface area contributed by atoms with Gasteiger partial charge in [-0.15, -0.1) is 0 Å². The standard InChI is InChI=1S/C15H16N4O/c1-9-4-10(2)13(11(3)5-9)8-17-14-6-12(7-16)18-15(20)19-14/h4-6H,8H2,1-3H3,(H2,17,18,19,20). The largest absolute Gasteiger partial charge is 0.366 e. The molecule has 0 saturated carbocycles. The highest BCUT2D eigenvalue weighted by Crippen LogP contribution is 2.17. The first-order chi connectivity index (χ1) is 9.49. The fraction of sp³-hybridized carbons (Fsp3) is 0.267. The molecule has 0 bridgehead atoms. The molecule has 0 unspecified atom stereocenters. The fourth-order valence-electron chi connectivity index (χ4n) is 2.28. The summed E-state index contributed by atoms with van der Waals surface area (Å²) in [5.41, 5.74) is 4.47. The van der Waals surface area contributed by atoms with Crippen molar-refractivity contribution in [1.82, 2.24) is 9.97 Å². The van der Waals surface area contributed by atoms with E-state index in [2.05, 4.69) is 48.2 Å². The molecule has 1 heterocycles. The zero-order valence-electron chi connectivity index (χ0n) is 11.7. The molecule has 2 N–H and O–H groups in total. The number of benzene rings is 1. The van der Waals surface area contributed by atoms with Crippen LogP contribution in [0.5, 0.6) is 0 Å². The van der Waals surface area contributed by atoms with Crippen molar-refractivity contribution in [2.75, 3.05) is 5.32 Å². The Kier molecular flexibility index (Phi) is 3.85. The average molecular weight is 268 g/mol. The lowest BCUT2D eigenvalue weighted by Gasteiger charge is -2.12. The van der Waals surface area contributed by atoms with Crippen molar-refractivity contribution in [3.8, 4) is 6.07 Å². The summed E-state index contributed by atoms with van der Waals surface area (Å²) < 4.78 is 0. The van der Waals surface area contributed by atoms with Gasteiger partial charge in [0.1, 0.15) is 17.6 Å².